The molecule has 1 rings (SSSR count). The Morgan fingerprint density at radius 1 is 1.29 bits per heavy atom. The highest BCUT2D eigenvalue weighted by Gasteiger charge is 2.38. The summed E-state index contributed by atoms with van der Waals surface area (Å²) in [7, 11) is 0. The van der Waals surface area contributed by atoms with Gasteiger partial charge in [0.1, 0.15) is 5.78 Å². The topological polar surface area (TPSA) is 29.1 Å². The molecule has 2 heteroatoms. The Hall–Kier alpha value is -0.370. The lowest BCUT2D eigenvalue weighted by Gasteiger charge is -2.44. The van der Waals surface area contributed by atoms with Crippen LogP contribution in [-0.4, -0.2) is 16.9 Å². The van der Waals surface area contributed by atoms with Crippen LogP contribution in [0.3, 0.4) is 0 Å². The van der Waals surface area contributed by atoms with Crippen molar-refractivity contribution in [2.24, 2.45) is 0 Å². The molecule has 14 heavy (non-hydrogen) atoms. The van der Waals surface area contributed by atoms with Crippen molar-refractivity contribution < 1.29 is 4.79 Å². The van der Waals surface area contributed by atoms with Gasteiger partial charge in [-0.2, -0.15) is 0 Å². The van der Waals surface area contributed by atoms with Crippen LogP contribution < -0.4 is 5.32 Å². The number of carbonyl (C=O) groups is 1. The van der Waals surface area contributed by atoms with Gasteiger partial charge in [0.25, 0.3) is 0 Å². The first kappa shape index (κ1) is 11.7. The summed E-state index contributed by atoms with van der Waals surface area (Å²) >= 11 is 0. The SMILES string of the molecule is CCCCC1(C)CC(=O)CC(C)(C)N1. The Kier molecular flexibility index (Phi) is 3.36. The lowest BCUT2D eigenvalue weighted by atomic mass is 9.78. The summed E-state index contributed by atoms with van der Waals surface area (Å²) < 4.78 is 0. The van der Waals surface area contributed by atoms with Crippen LogP contribution in [0.25, 0.3) is 0 Å². The minimum Gasteiger partial charge on any atom is -0.306 e. The highest BCUT2D eigenvalue weighted by molar-refractivity contribution is 5.81. The molecule has 2 nitrogen and oxygen atoms in total. The van der Waals surface area contributed by atoms with Crippen molar-refractivity contribution in [3.63, 3.8) is 0 Å². The number of unbranched alkanes of at least 4 members (excludes halogenated alkanes) is 1. The predicted molar refractivity (Wildman–Crippen MR) is 59.4 cm³/mol. The third-order valence-electron chi connectivity index (χ3n) is 2.95. The zero-order valence-electron chi connectivity index (χ0n) is 9.94. The smallest absolute Gasteiger partial charge is 0.136 e. The van der Waals surface area contributed by atoms with Crippen molar-refractivity contribution in [2.75, 3.05) is 0 Å². The number of piperidine rings is 1. The Labute approximate surface area is 87.5 Å². The summed E-state index contributed by atoms with van der Waals surface area (Å²) in [6, 6.07) is 0. The van der Waals surface area contributed by atoms with Gasteiger partial charge in [-0.1, -0.05) is 19.8 Å². The molecule has 1 saturated heterocycles. The van der Waals surface area contributed by atoms with Gasteiger partial charge in [-0.15, -0.1) is 0 Å². The Bertz CT molecular complexity index is 222. The molecule has 0 aliphatic carbocycles. The quantitative estimate of drug-likeness (QED) is 0.753. The Morgan fingerprint density at radius 3 is 2.43 bits per heavy atom. The highest BCUT2D eigenvalue weighted by Crippen LogP contribution is 2.29. The zero-order chi connectivity index (χ0) is 10.8. The van der Waals surface area contributed by atoms with Gasteiger partial charge in [-0.25, -0.2) is 0 Å². The minimum atomic E-state index is -0.0160. The monoisotopic (exact) mass is 197 g/mol. The van der Waals surface area contributed by atoms with E-state index in [0.29, 0.717) is 18.6 Å². The van der Waals surface area contributed by atoms with Crippen LogP contribution in [-0.2, 0) is 4.79 Å². The van der Waals surface area contributed by atoms with E-state index in [-0.39, 0.29) is 11.1 Å². The molecule has 1 N–H and O–H groups in total. The molecule has 0 aromatic rings. The molecule has 1 heterocycles. The van der Waals surface area contributed by atoms with E-state index in [9.17, 15) is 4.79 Å². The predicted octanol–water partition coefficient (Wildman–Crippen LogP) is 2.67. The molecule has 0 saturated carbocycles. The van der Waals surface area contributed by atoms with Gasteiger partial charge in [0.15, 0.2) is 0 Å². The van der Waals surface area contributed by atoms with Crippen LogP contribution in [0.5, 0.6) is 0 Å². The molecule has 0 aromatic carbocycles. The zero-order valence-corrected chi connectivity index (χ0v) is 9.94. The molecular formula is C12H23NO. The van der Waals surface area contributed by atoms with Crippen LogP contribution in [0.1, 0.15) is 59.8 Å². The van der Waals surface area contributed by atoms with Crippen LogP contribution in [0, 0.1) is 0 Å². The van der Waals surface area contributed by atoms with E-state index in [1.807, 2.05) is 0 Å². The van der Waals surface area contributed by atoms with Gasteiger partial charge in [0.2, 0.25) is 0 Å². The van der Waals surface area contributed by atoms with Crippen molar-refractivity contribution in [3.05, 3.63) is 0 Å². The second kappa shape index (κ2) is 4.01. The van der Waals surface area contributed by atoms with Crippen LogP contribution in [0.2, 0.25) is 0 Å². The minimum absolute atomic E-state index is 0.0160. The molecule has 1 aliphatic heterocycles. The second-order valence-electron chi connectivity index (χ2n) is 5.57. The fourth-order valence-electron chi connectivity index (χ4n) is 2.61. The second-order valence-corrected chi connectivity index (χ2v) is 5.57. The van der Waals surface area contributed by atoms with E-state index < -0.39 is 0 Å². The summed E-state index contributed by atoms with van der Waals surface area (Å²) in [4.78, 5) is 11.6. The molecule has 1 unspecified atom stereocenters. The maximum absolute atomic E-state index is 11.6. The van der Waals surface area contributed by atoms with Gasteiger partial charge in [0.05, 0.1) is 0 Å². The lowest BCUT2D eigenvalue weighted by molar-refractivity contribution is -0.124. The molecular weight excluding hydrogens is 174 g/mol. The number of carbonyl (C=O) groups excluding carboxylic acids is 1. The number of hydrogen-bond acceptors (Lipinski definition) is 2. The largest absolute Gasteiger partial charge is 0.306 e. The van der Waals surface area contributed by atoms with E-state index in [4.69, 9.17) is 0 Å². The number of nitrogens with one attached hydrogen (secondary N) is 1. The van der Waals surface area contributed by atoms with E-state index in [2.05, 4.69) is 33.0 Å². The lowest BCUT2D eigenvalue weighted by Crippen LogP contribution is -2.59. The molecule has 0 radical (unpaired) electrons. The maximum atomic E-state index is 11.6. The third-order valence-corrected chi connectivity index (χ3v) is 2.95. The van der Waals surface area contributed by atoms with E-state index in [0.717, 1.165) is 6.42 Å². The summed E-state index contributed by atoms with van der Waals surface area (Å²) in [5, 5.41) is 3.61. The van der Waals surface area contributed by atoms with Gasteiger partial charge in [-0.05, 0) is 27.2 Å². The van der Waals surface area contributed by atoms with Crippen molar-refractivity contribution in [1.29, 1.82) is 0 Å². The Balaban J connectivity index is 2.64. The molecule has 0 aromatic heterocycles. The van der Waals surface area contributed by atoms with Gasteiger partial charge in [-0.3, -0.25) is 4.79 Å². The first-order valence-corrected chi connectivity index (χ1v) is 5.68. The molecule has 0 amide bonds. The maximum Gasteiger partial charge on any atom is 0.136 e. The van der Waals surface area contributed by atoms with Crippen LogP contribution >= 0.6 is 0 Å². The normalized spacial score (nSPS) is 31.9. The average molecular weight is 197 g/mol. The standard InChI is InChI=1S/C12H23NO/c1-5-6-7-12(4)9-10(14)8-11(2,3)13-12/h13H,5-9H2,1-4H3. The van der Waals surface area contributed by atoms with Crippen molar-refractivity contribution in [2.45, 2.75) is 70.9 Å². The fourth-order valence-corrected chi connectivity index (χ4v) is 2.61. The van der Waals surface area contributed by atoms with Gasteiger partial charge < -0.3 is 5.32 Å². The fraction of sp³-hybridized carbons (Fsp3) is 0.917. The van der Waals surface area contributed by atoms with Gasteiger partial charge >= 0.3 is 0 Å². The Morgan fingerprint density at radius 2 is 1.93 bits per heavy atom. The summed E-state index contributed by atoms with van der Waals surface area (Å²) in [6.45, 7) is 8.61. The van der Waals surface area contributed by atoms with E-state index in [1.54, 1.807) is 0 Å². The van der Waals surface area contributed by atoms with Gasteiger partial charge in [0, 0.05) is 23.9 Å². The summed E-state index contributed by atoms with van der Waals surface area (Å²) in [6.07, 6.45) is 4.89. The van der Waals surface area contributed by atoms with E-state index in [1.165, 1.54) is 12.8 Å². The van der Waals surface area contributed by atoms with E-state index >= 15 is 0 Å². The van der Waals surface area contributed by atoms with Crippen LogP contribution in [0.15, 0.2) is 0 Å². The molecule has 1 aliphatic rings. The molecule has 0 spiro atoms. The summed E-state index contributed by atoms with van der Waals surface area (Å²) in [5.41, 5.74) is 0.0205. The molecule has 1 atom stereocenters. The molecule has 82 valence electrons. The van der Waals surface area contributed by atoms with Crippen molar-refractivity contribution in [1.82, 2.24) is 5.32 Å². The van der Waals surface area contributed by atoms with Crippen molar-refractivity contribution in [3.8, 4) is 0 Å². The third kappa shape index (κ3) is 3.09. The molecule has 1 fully saturated rings. The highest BCUT2D eigenvalue weighted by atomic mass is 16.1. The first-order chi connectivity index (χ1) is 6.37. The number of Topliss-reactive ketones (excluding diaryl/α,β-unsaturated/α-hetero) is 1. The summed E-state index contributed by atoms with van der Waals surface area (Å²) in [5.74, 6) is 0.410. The average Bonchev–Trinajstić information content (AvgIpc) is 1.96. The number of rotatable bonds is 3. The first-order valence-electron chi connectivity index (χ1n) is 5.68. The number of ketones is 1. The number of hydrogen-bond donors (Lipinski definition) is 1. The van der Waals surface area contributed by atoms with Crippen LogP contribution in [0.4, 0.5) is 0 Å². The molecule has 0 bridgehead atoms. The van der Waals surface area contributed by atoms with Crippen molar-refractivity contribution >= 4 is 5.78 Å².